The van der Waals surface area contributed by atoms with Crippen LogP contribution in [0.3, 0.4) is 0 Å². The molecule has 1 aliphatic heterocycles. The molecule has 2 amide bonds. The van der Waals surface area contributed by atoms with E-state index in [1.54, 1.807) is 41.8 Å². The highest BCUT2D eigenvalue weighted by atomic mass is 32.1. The molecule has 1 fully saturated rings. The number of carbonyl (C=O) groups is 2. The molecular formula is C38H42N6O4S. The van der Waals surface area contributed by atoms with E-state index in [1.807, 2.05) is 48.7 Å². The second kappa shape index (κ2) is 15.0. The van der Waals surface area contributed by atoms with Crippen molar-refractivity contribution in [3.63, 3.8) is 0 Å². The number of nitrogens with one attached hydrogen (secondary N) is 2. The first-order valence-corrected chi connectivity index (χ1v) is 17.6. The molecule has 3 aromatic heterocycles. The fourth-order valence-electron chi connectivity index (χ4n) is 6.10. The predicted molar refractivity (Wildman–Crippen MR) is 191 cm³/mol. The summed E-state index contributed by atoms with van der Waals surface area (Å²) in [6.07, 6.45) is 9.67. The lowest BCUT2D eigenvalue weighted by atomic mass is 10.0. The maximum Gasteiger partial charge on any atom is 0.254 e. The van der Waals surface area contributed by atoms with Crippen LogP contribution in [-0.2, 0) is 13.0 Å². The SMILES string of the molecule is Cc1csc([C@H]2CCCN2C(=O)c2cc(C(=O)N[C@@H](C)CCc3ccc(NCc4cncc(C(C)C)c4)c(O)c3)cc(-c3cnco3)c2)n1. The number of thiazole rings is 1. The number of aryl methyl sites for hydroxylation is 2. The molecule has 5 aromatic rings. The molecular weight excluding hydrogens is 637 g/mol. The number of oxazole rings is 1. The van der Waals surface area contributed by atoms with Crippen LogP contribution in [0.1, 0.15) is 100 Å². The van der Waals surface area contributed by atoms with Crippen LogP contribution in [0, 0.1) is 6.92 Å². The van der Waals surface area contributed by atoms with Crippen molar-refractivity contribution in [2.24, 2.45) is 0 Å². The zero-order valence-corrected chi connectivity index (χ0v) is 29.1. The molecule has 10 nitrogen and oxygen atoms in total. The van der Waals surface area contributed by atoms with Crippen molar-refractivity contribution in [2.75, 3.05) is 11.9 Å². The first kappa shape index (κ1) is 33.9. The number of aromatic hydroxyl groups is 1. The van der Waals surface area contributed by atoms with Crippen LogP contribution in [0.4, 0.5) is 5.69 Å². The Morgan fingerprint density at radius 3 is 2.61 bits per heavy atom. The number of amides is 2. The highest BCUT2D eigenvalue weighted by molar-refractivity contribution is 7.09. The van der Waals surface area contributed by atoms with Crippen molar-refractivity contribution in [1.82, 2.24) is 25.2 Å². The summed E-state index contributed by atoms with van der Waals surface area (Å²) in [4.78, 5) is 42.4. The third-order valence-electron chi connectivity index (χ3n) is 8.87. The molecule has 0 radical (unpaired) electrons. The predicted octanol–water partition coefficient (Wildman–Crippen LogP) is 7.67. The summed E-state index contributed by atoms with van der Waals surface area (Å²) in [5.74, 6) is 0.621. The maximum atomic E-state index is 13.9. The molecule has 0 unspecified atom stereocenters. The Labute approximate surface area is 290 Å². The summed E-state index contributed by atoms with van der Waals surface area (Å²) in [7, 11) is 0. The lowest BCUT2D eigenvalue weighted by Gasteiger charge is -2.24. The Hall–Kier alpha value is -5.03. The van der Waals surface area contributed by atoms with Gasteiger partial charge in [0.25, 0.3) is 11.8 Å². The van der Waals surface area contributed by atoms with E-state index in [9.17, 15) is 14.7 Å². The van der Waals surface area contributed by atoms with Gasteiger partial charge in [0.05, 0.1) is 17.9 Å². The highest BCUT2D eigenvalue weighted by Gasteiger charge is 2.33. The third kappa shape index (κ3) is 8.17. The van der Waals surface area contributed by atoms with Gasteiger partial charge in [-0.25, -0.2) is 9.97 Å². The monoisotopic (exact) mass is 678 g/mol. The quantitative estimate of drug-likeness (QED) is 0.115. The van der Waals surface area contributed by atoms with E-state index in [1.165, 1.54) is 12.0 Å². The normalized spacial score (nSPS) is 15.0. The lowest BCUT2D eigenvalue weighted by Crippen LogP contribution is -2.34. The van der Waals surface area contributed by atoms with Gasteiger partial charge in [0.2, 0.25) is 0 Å². The van der Waals surface area contributed by atoms with E-state index in [2.05, 4.69) is 45.5 Å². The van der Waals surface area contributed by atoms with Gasteiger partial charge in [-0.3, -0.25) is 14.6 Å². The number of rotatable bonds is 12. The van der Waals surface area contributed by atoms with Gasteiger partial charge in [-0.05, 0) is 92.5 Å². The van der Waals surface area contributed by atoms with Crippen LogP contribution in [-0.4, -0.2) is 49.4 Å². The zero-order valence-electron chi connectivity index (χ0n) is 28.3. The summed E-state index contributed by atoms with van der Waals surface area (Å²) in [6.45, 7) is 9.36. The fourth-order valence-corrected chi connectivity index (χ4v) is 7.05. The summed E-state index contributed by atoms with van der Waals surface area (Å²) < 4.78 is 5.54. The minimum atomic E-state index is -0.283. The first-order chi connectivity index (χ1) is 23.6. The number of pyridine rings is 1. The second-order valence-electron chi connectivity index (χ2n) is 13.0. The largest absolute Gasteiger partial charge is 0.506 e. The third-order valence-corrected chi connectivity index (χ3v) is 9.93. The van der Waals surface area contributed by atoms with E-state index in [0.717, 1.165) is 34.7 Å². The minimum Gasteiger partial charge on any atom is -0.506 e. The number of carbonyl (C=O) groups excluding carboxylic acids is 2. The number of likely N-dealkylation sites (tertiary alicyclic amines) is 1. The number of phenolic OH excluding ortho intramolecular Hbond substituents is 1. The van der Waals surface area contributed by atoms with Gasteiger partial charge in [-0.2, -0.15) is 0 Å². The smallest absolute Gasteiger partial charge is 0.254 e. The Bertz CT molecular complexity index is 1920. The Morgan fingerprint density at radius 2 is 1.88 bits per heavy atom. The van der Waals surface area contributed by atoms with Crippen LogP contribution in [0.25, 0.3) is 11.3 Å². The maximum absolute atomic E-state index is 13.9. The Kier molecular flexibility index (Phi) is 10.4. The molecule has 1 saturated heterocycles. The molecule has 6 rings (SSSR count). The van der Waals surface area contributed by atoms with Gasteiger partial charge in [0.15, 0.2) is 12.2 Å². The van der Waals surface area contributed by atoms with Crippen LogP contribution in [0.2, 0.25) is 0 Å². The van der Waals surface area contributed by atoms with Crippen molar-refractivity contribution in [3.05, 3.63) is 111 Å². The van der Waals surface area contributed by atoms with Crippen molar-refractivity contribution in [2.45, 2.75) is 77.9 Å². The number of hydrogen-bond acceptors (Lipinski definition) is 9. The van der Waals surface area contributed by atoms with Crippen LogP contribution < -0.4 is 10.6 Å². The molecule has 49 heavy (non-hydrogen) atoms. The van der Waals surface area contributed by atoms with Gasteiger partial charge in [-0.15, -0.1) is 11.3 Å². The van der Waals surface area contributed by atoms with Crippen LogP contribution in [0.5, 0.6) is 5.75 Å². The number of nitrogens with zero attached hydrogens (tertiary/aromatic N) is 4. The average Bonchev–Trinajstić information content (AvgIpc) is 3.89. The number of aromatic nitrogens is 3. The molecule has 0 bridgehead atoms. The number of anilines is 1. The van der Waals surface area contributed by atoms with Crippen molar-refractivity contribution >= 4 is 28.8 Å². The van der Waals surface area contributed by atoms with Crippen molar-refractivity contribution in [3.8, 4) is 17.1 Å². The summed E-state index contributed by atoms with van der Waals surface area (Å²) in [6, 6.07) is 12.6. The number of phenols is 1. The second-order valence-corrected chi connectivity index (χ2v) is 13.9. The molecule has 3 N–H and O–H groups in total. The molecule has 11 heteroatoms. The number of benzene rings is 2. The average molecular weight is 679 g/mol. The number of hydrogen-bond donors (Lipinski definition) is 3. The van der Waals surface area contributed by atoms with E-state index in [4.69, 9.17) is 4.42 Å². The standard InChI is InChI=1S/C38H42N6O4S/c1-23(2)31-12-27(17-39-19-31)18-41-32-10-9-26(13-34(32)45)8-7-24(3)42-36(46)29-14-28(35-20-40-22-48-35)15-30(16-29)38(47)44-11-5-6-33(44)37-43-25(4)21-49-37/h9-10,12-17,19-24,33,41,45H,5-8,11,18H2,1-4H3,(H,42,46)/t24-,33+/m0/s1. The van der Waals surface area contributed by atoms with E-state index >= 15 is 0 Å². The summed E-state index contributed by atoms with van der Waals surface area (Å²) in [5, 5.41) is 20.0. The van der Waals surface area contributed by atoms with E-state index in [-0.39, 0.29) is 29.6 Å². The molecule has 254 valence electrons. The van der Waals surface area contributed by atoms with Crippen molar-refractivity contribution < 1.29 is 19.1 Å². The zero-order chi connectivity index (χ0) is 34.5. The molecule has 1 aliphatic rings. The van der Waals surface area contributed by atoms with Gasteiger partial charge in [0, 0.05) is 59.3 Å². The van der Waals surface area contributed by atoms with Gasteiger partial charge in [0.1, 0.15) is 10.8 Å². The minimum absolute atomic E-state index is 0.0826. The topological polar surface area (TPSA) is 133 Å². The molecule has 0 spiro atoms. The van der Waals surface area contributed by atoms with E-state index in [0.29, 0.717) is 60.0 Å². The summed E-state index contributed by atoms with van der Waals surface area (Å²) >= 11 is 1.57. The summed E-state index contributed by atoms with van der Waals surface area (Å²) in [5.41, 5.74) is 6.18. The van der Waals surface area contributed by atoms with Gasteiger partial charge >= 0.3 is 0 Å². The molecule has 0 saturated carbocycles. The van der Waals surface area contributed by atoms with Crippen molar-refractivity contribution in [1.29, 1.82) is 0 Å². The molecule has 4 heterocycles. The van der Waals surface area contributed by atoms with Gasteiger partial charge < -0.3 is 25.1 Å². The molecule has 2 aromatic carbocycles. The first-order valence-electron chi connectivity index (χ1n) is 16.7. The molecule has 0 aliphatic carbocycles. The van der Waals surface area contributed by atoms with E-state index < -0.39 is 0 Å². The lowest BCUT2D eigenvalue weighted by molar-refractivity contribution is 0.0735. The Morgan fingerprint density at radius 1 is 1.04 bits per heavy atom. The van der Waals surface area contributed by atoms with Crippen LogP contribution in [0.15, 0.2) is 77.2 Å². The fraction of sp³-hybridized carbons (Fsp3) is 0.342. The highest BCUT2D eigenvalue weighted by Crippen LogP contribution is 2.35. The van der Waals surface area contributed by atoms with Gasteiger partial charge in [-0.1, -0.05) is 26.0 Å². The Balaban J connectivity index is 1.10. The van der Waals surface area contributed by atoms with Crippen LogP contribution >= 0.6 is 11.3 Å². The molecule has 2 atom stereocenters.